The molecule has 0 aliphatic carbocycles. The first-order valence-electron chi connectivity index (χ1n) is 5.81. The summed E-state index contributed by atoms with van der Waals surface area (Å²) >= 11 is 0. The Balaban J connectivity index is 2.73. The van der Waals surface area contributed by atoms with Crippen LogP contribution in [0.1, 0.15) is 5.56 Å². The van der Waals surface area contributed by atoms with Gasteiger partial charge in [0, 0.05) is 13.5 Å². The average molecular weight is 287 g/mol. The molecule has 0 spiro atoms. The molecule has 20 heavy (non-hydrogen) atoms. The number of alkyl halides is 2. The van der Waals surface area contributed by atoms with Gasteiger partial charge in [0.15, 0.2) is 0 Å². The second kappa shape index (κ2) is 6.95. The normalized spacial score (nSPS) is 12.8. The van der Waals surface area contributed by atoms with Crippen molar-refractivity contribution in [2.75, 3.05) is 13.7 Å². The van der Waals surface area contributed by atoms with Crippen molar-refractivity contribution >= 4 is 11.9 Å². The van der Waals surface area contributed by atoms with Crippen LogP contribution >= 0.6 is 0 Å². The molecule has 0 bridgehead atoms. The number of carbonyl (C=O) groups excluding carboxylic acids is 1. The Bertz CT molecular complexity index is 465. The quantitative estimate of drug-likeness (QED) is 0.787. The maximum Gasteiger partial charge on any atom is 0.347 e. The summed E-state index contributed by atoms with van der Waals surface area (Å²) in [7, 11) is 1.03. The van der Waals surface area contributed by atoms with Crippen molar-refractivity contribution in [1.29, 1.82) is 0 Å². The van der Waals surface area contributed by atoms with Crippen LogP contribution in [0.5, 0.6) is 0 Å². The summed E-state index contributed by atoms with van der Waals surface area (Å²) in [5.41, 5.74) is 0.621. The molecule has 1 aromatic rings. The Kier molecular flexibility index (Phi) is 5.57. The number of aliphatic carboxylic acids is 1. The van der Waals surface area contributed by atoms with E-state index in [0.29, 0.717) is 5.56 Å². The van der Waals surface area contributed by atoms with Gasteiger partial charge < -0.3 is 15.2 Å². The molecule has 110 valence electrons. The Morgan fingerprint density at radius 1 is 1.35 bits per heavy atom. The first-order chi connectivity index (χ1) is 9.36. The standard InChI is InChI=1S/C13H15F2NO4/c1-20-8-13(14,15)12(19)16-10(11(17)18)7-9-5-3-2-4-6-9/h2-6,10H,7-8H2,1H3,(H,16,19)(H,17,18). The number of carboxylic acid groups (broad SMARTS) is 1. The first kappa shape index (κ1) is 16.0. The molecular weight excluding hydrogens is 272 g/mol. The van der Waals surface area contributed by atoms with E-state index >= 15 is 0 Å². The number of halogens is 2. The summed E-state index contributed by atoms with van der Waals surface area (Å²) in [5, 5.41) is 10.8. The summed E-state index contributed by atoms with van der Waals surface area (Å²) in [5.74, 6) is -6.81. The zero-order valence-corrected chi connectivity index (χ0v) is 10.8. The fourth-order valence-corrected chi connectivity index (χ4v) is 1.56. The highest BCUT2D eigenvalue weighted by Gasteiger charge is 2.40. The van der Waals surface area contributed by atoms with Crippen molar-refractivity contribution in [3.63, 3.8) is 0 Å². The molecule has 1 rings (SSSR count). The van der Waals surface area contributed by atoms with Gasteiger partial charge in [-0.1, -0.05) is 30.3 Å². The minimum Gasteiger partial charge on any atom is -0.480 e. The Hall–Kier alpha value is -2.02. The van der Waals surface area contributed by atoms with Gasteiger partial charge in [0.25, 0.3) is 5.91 Å². The van der Waals surface area contributed by atoms with Gasteiger partial charge in [-0.15, -0.1) is 0 Å². The van der Waals surface area contributed by atoms with Gasteiger partial charge in [-0.3, -0.25) is 4.79 Å². The van der Waals surface area contributed by atoms with E-state index in [1.54, 1.807) is 30.3 Å². The molecule has 0 aliphatic rings. The van der Waals surface area contributed by atoms with Crippen molar-refractivity contribution in [2.45, 2.75) is 18.4 Å². The van der Waals surface area contributed by atoms with Gasteiger partial charge in [-0.2, -0.15) is 8.78 Å². The minimum atomic E-state index is -3.76. The van der Waals surface area contributed by atoms with E-state index in [-0.39, 0.29) is 6.42 Å². The fourth-order valence-electron chi connectivity index (χ4n) is 1.56. The topological polar surface area (TPSA) is 75.6 Å². The Labute approximate surface area is 114 Å². The van der Waals surface area contributed by atoms with E-state index in [1.807, 2.05) is 5.32 Å². The molecule has 0 heterocycles. The van der Waals surface area contributed by atoms with Crippen LogP contribution in [0.15, 0.2) is 30.3 Å². The SMILES string of the molecule is COCC(F)(F)C(=O)NC(Cc1ccccc1)C(=O)O. The molecular formula is C13H15F2NO4. The molecule has 1 amide bonds. The number of hydrogen-bond donors (Lipinski definition) is 2. The van der Waals surface area contributed by atoms with Crippen LogP contribution < -0.4 is 5.32 Å². The molecule has 1 unspecified atom stereocenters. The number of rotatable bonds is 7. The van der Waals surface area contributed by atoms with Crippen LogP contribution in [0, 0.1) is 0 Å². The number of ether oxygens (including phenoxy) is 1. The maximum atomic E-state index is 13.3. The molecule has 0 saturated heterocycles. The summed E-state index contributed by atoms with van der Waals surface area (Å²) in [6.07, 6.45) is -0.0784. The van der Waals surface area contributed by atoms with Gasteiger partial charge in [-0.05, 0) is 5.56 Å². The highest BCUT2D eigenvalue weighted by Crippen LogP contribution is 2.14. The summed E-state index contributed by atoms with van der Waals surface area (Å²) in [4.78, 5) is 22.4. The molecule has 1 atom stereocenters. The van der Waals surface area contributed by atoms with Gasteiger partial charge in [-0.25, -0.2) is 4.79 Å². The number of amides is 1. The highest BCUT2D eigenvalue weighted by atomic mass is 19.3. The summed E-state index contributed by atoms with van der Waals surface area (Å²) in [6, 6.07) is 6.99. The second-order valence-corrected chi connectivity index (χ2v) is 4.19. The van der Waals surface area contributed by atoms with Crippen molar-refractivity contribution in [2.24, 2.45) is 0 Å². The molecule has 0 aliphatic heterocycles. The van der Waals surface area contributed by atoms with Crippen LogP contribution in [0.3, 0.4) is 0 Å². The maximum absolute atomic E-state index is 13.3. The number of nitrogens with one attached hydrogen (secondary N) is 1. The van der Waals surface area contributed by atoms with Crippen molar-refractivity contribution in [3.05, 3.63) is 35.9 Å². The zero-order valence-electron chi connectivity index (χ0n) is 10.8. The second-order valence-electron chi connectivity index (χ2n) is 4.19. The minimum absolute atomic E-state index is 0.0784. The van der Waals surface area contributed by atoms with Crippen LogP contribution in [-0.2, 0) is 20.7 Å². The van der Waals surface area contributed by atoms with Crippen LogP contribution in [0.4, 0.5) is 8.78 Å². The van der Waals surface area contributed by atoms with Gasteiger partial charge in [0.2, 0.25) is 0 Å². The molecule has 0 saturated carbocycles. The third-order valence-electron chi connectivity index (χ3n) is 2.54. The fraction of sp³-hybridized carbons (Fsp3) is 0.385. The molecule has 7 heteroatoms. The monoisotopic (exact) mass is 287 g/mol. The van der Waals surface area contributed by atoms with Crippen LogP contribution in [0.2, 0.25) is 0 Å². The lowest BCUT2D eigenvalue weighted by molar-refractivity contribution is -0.156. The average Bonchev–Trinajstić information content (AvgIpc) is 2.38. The van der Waals surface area contributed by atoms with Crippen molar-refractivity contribution in [1.82, 2.24) is 5.32 Å². The smallest absolute Gasteiger partial charge is 0.347 e. The van der Waals surface area contributed by atoms with E-state index in [4.69, 9.17) is 5.11 Å². The predicted molar refractivity (Wildman–Crippen MR) is 66.5 cm³/mol. The number of benzene rings is 1. The molecule has 0 fully saturated rings. The lowest BCUT2D eigenvalue weighted by Gasteiger charge is -2.19. The summed E-state index contributed by atoms with van der Waals surface area (Å²) < 4.78 is 30.7. The third-order valence-corrected chi connectivity index (χ3v) is 2.54. The molecule has 0 aromatic heterocycles. The predicted octanol–water partition coefficient (Wildman–Crippen LogP) is 1.08. The molecule has 1 aromatic carbocycles. The molecule has 2 N–H and O–H groups in total. The lowest BCUT2D eigenvalue weighted by atomic mass is 10.1. The van der Waals surface area contributed by atoms with Crippen molar-refractivity contribution < 1.29 is 28.2 Å². The number of carboxylic acids is 1. The van der Waals surface area contributed by atoms with E-state index in [2.05, 4.69) is 4.74 Å². The Morgan fingerprint density at radius 3 is 2.45 bits per heavy atom. The highest BCUT2D eigenvalue weighted by molar-refractivity contribution is 5.88. The van der Waals surface area contributed by atoms with Gasteiger partial charge in [0.1, 0.15) is 12.6 Å². The lowest BCUT2D eigenvalue weighted by Crippen LogP contribution is -2.50. The number of hydrogen-bond acceptors (Lipinski definition) is 3. The van der Waals surface area contributed by atoms with Crippen LogP contribution in [0.25, 0.3) is 0 Å². The van der Waals surface area contributed by atoms with E-state index < -0.39 is 30.4 Å². The largest absolute Gasteiger partial charge is 0.480 e. The zero-order chi connectivity index (χ0) is 15.2. The first-order valence-corrected chi connectivity index (χ1v) is 5.81. The Morgan fingerprint density at radius 2 is 1.95 bits per heavy atom. The van der Waals surface area contributed by atoms with Gasteiger partial charge >= 0.3 is 11.9 Å². The number of carbonyl (C=O) groups is 2. The molecule has 5 nitrogen and oxygen atoms in total. The van der Waals surface area contributed by atoms with Gasteiger partial charge in [0.05, 0.1) is 0 Å². The molecule has 0 radical (unpaired) electrons. The summed E-state index contributed by atoms with van der Waals surface area (Å²) in [6.45, 7) is -1.10. The van der Waals surface area contributed by atoms with E-state index in [0.717, 1.165) is 7.11 Å². The van der Waals surface area contributed by atoms with E-state index in [1.165, 1.54) is 0 Å². The van der Waals surface area contributed by atoms with Crippen LogP contribution in [-0.4, -0.2) is 42.7 Å². The third kappa shape index (κ3) is 4.58. The van der Waals surface area contributed by atoms with E-state index in [9.17, 15) is 18.4 Å². The number of methoxy groups -OCH3 is 1. The van der Waals surface area contributed by atoms with Crippen molar-refractivity contribution in [3.8, 4) is 0 Å².